The molecule has 1 fully saturated rings. The van der Waals surface area contributed by atoms with Crippen molar-refractivity contribution in [2.45, 2.75) is 32.1 Å². The van der Waals surface area contributed by atoms with Crippen molar-refractivity contribution in [2.24, 2.45) is 11.7 Å². The van der Waals surface area contributed by atoms with Gasteiger partial charge in [-0.2, -0.15) is 0 Å². The fourth-order valence-electron chi connectivity index (χ4n) is 1.67. The second kappa shape index (κ2) is 3.56. The Hall–Kier alpha value is -0.790. The van der Waals surface area contributed by atoms with Crippen molar-refractivity contribution in [2.75, 3.05) is 0 Å². The van der Waals surface area contributed by atoms with Crippen LogP contribution in [0.2, 0.25) is 0 Å². The Morgan fingerprint density at radius 3 is 2.27 bits per heavy atom. The van der Waals surface area contributed by atoms with Gasteiger partial charge in [-0.05, 0) is 24.3 Å². The highest BCUT2D eigenvalue weighted by Gasteiger charge is 2.17. The summed E-state index contributed by atoms with van der Waals surface area (Å²) in [4.78, 5) is 0. The molecule has 3 N–H and O–H groups in total. The molecule has 1 rings (SSSR count). The Morgan fingerprint density at radius 1 is 1.27 bits per heavy atom. The van der Waals surface area contributed by atoms with Gasteiger partial charge < -0.3 is 5.73 Å². The van der Waals surface area contributed by atoms with Crippen LogP contribution in [-0.4, -0.2) is 5.84 Å². The number of hydrogen-bond acceptors (Lipinski definition) is 1. The van der Waals surface area contributed by atoms with Crippen LogP contribution in [0.3, 0.4) is 0 Å². The maximum absolute atomic E-state index is 7.21. The van der Waals surface area contributed by atoms with E-state index in [1.165, 1.54) is 32.1 Å². The molecule has 1 aliphatic carbocycles. The Morgan fingerprint density at radius 2 is 1.82 bits per heavy atom. The van der Waals surface area contributed by atoms with Crippen molar-refractivity contribution in [3.63, 3.8) is 0 Å². The van der Waals surface area contributed by atoms with Crippen LogP contribution < -0.4 is 5.73 Å². The SMILES string of the molecule is C=C(C(=N)N)C1CCCCC1. The first-order valence-electron chi connectivity index (χ1n) is 4.25. The van der Waals surface area contributed by atoms with E-state index in [9.17, 15) is 0 Å². The summed E-state index contributed by atoms with van der Waals surface area (Å²) in [5.41, 5.74) is 6.20. The zero-order chi connectivity index (χ0) is 8.27. The van der Waals surface area contributed by atoms with E-state index in [2.05, 4.69) is 6.58 Å². The van der Waals surface area contributed by atoms with E-state index in [1.807, 2.05) is 0 Å². The van der Waals surface area contributed by atoms with Crippen molar-refractivity contribution in [1.82, 2.24) is 0 Å². The van der Waals surface area contributed by atoms with Crippen LogP contribution in [-0.2, 0) is 0 Å². The van der Waals surface area contributed by atoms with Gasteiger partial charge in [-0.25, -0.2) is 0 Å². The molecular weight excluding hydrogens is 136 g/mol. The highest BCUT2D eigenvalue weighted by Crippen LogP contribution is 2.28. The van der Waals surface area contributed by atoms with E-state index < -0.39 is 0 Å². The van der Waals surface area contributed by atoms with E-state index in [4.69, 9.17) is 11.1 Å². The highest BCUT2D eigenvalue weighted by atomic mass is 14.7. The third-order valence-electron chi connectivity index (χ3n) is 2.44. The number of nitrogens with two attached hydrogens (primary N) is 1. The Labute approximate surface area is 68.0 Å². The minimum Gasteiger partial charge on any atom is -0.384 e. The third kappa shape index (κ3) is 2.07. The molecule has 0 aromatic carbocycles. The van der Waals surface area contributed by atoms with Gasteiger partial charge in [-0.1, -0.05) is 25.8 Å². The van der Waals surface area contributed by atoms with Crippen molar-refractivity contribution in [1.29, 1.82) is 5.41 Å². The van der Waals surface area contributed by atoms with Crippen molar-refractivity contribution in [3.8, 4) is 0 Å². The van der Waals surface area contributed by atoms with E-state index in [0.29, 0.717) is 5.92 Å². The molecule has 0 atom stereocenters. The summed E-state index contributed by atoms with van der Waals surface area (Å²) in [7, 11) is 0. The molecule has 11 heavy (non-hydrogen) atoms. The van der Waals surface area contributed by atoms with Gasteiger partial charge in [0.1, 0.15) is 5.84 Å². The number of amidine groups is 1. The number of rotatable bonds is 2. The molecule has 62 valence electrons. The van der Waals surface area contributed by atoms with Crippen molar-refractivity contribution in [3.05, 3.63) is 12.2 Å². The molecule has 0 amide bonds. The molecule has 0 saturated heterocycles. The average Bonchev–Trinajstić information content (AvgIpc) is 2.05. The van der Waals surface area contributed by atoms with Gasteiger partial charge in [0.05, 0.1) is 0 Å². The van der Waals surface area contributed by atoms with Crippen LogP contribution in [0.5, 0.6) is 0 Å². The van der Waals surface area contributed by atoms with Gasteiger partial charge >= 0.3 is 0 Å². The smallest absolute Gasteiger partial charge is 0.118 e. The molecule has 0 aromatic heterocycles. The van der Waals surface area contributed by atoms with Crippen LogP contribution >= 0.6 is 0 Å². The molecule has 0 bridgehead atoms. The normalized spacial score (nSPS) is 19.6. The maximum atomic E-state index is 7.21. The molecule has 1 aliphatic rings. The first-order valence-corrected chi connectivity index (χ1v) is 4.25. The van der Waals surface area contributed by atoms with Crippen LogP contribution in [0.4, 0.5) is 0 Å². The predicted octanol–water partition coefficient (Wildman–Crippen LogP) is 2.06. The molecule has 0 heterocycles. The lowest BCUT2D eigenvalue weighted by Crippen LogP contribution is -2.20. The molecule has 1 saturated carbocycles. The fourth-order valence-corrected chi connectivity index (χ4v) is 1.67. The lowest BCUT2D eigenvalue weighted by Gasteiger charge is -2.22. The van der Waals surface area contributed by atoms with Crippen LogP contribution in [0.15, 0.2) is 12.2 Å². The minimum absolute atomic E-state index is 0.178. The average molecular weight is 152 g/mol. The largest absolute Gasteiger partial charge is 0.384 e. The molecule has 2 heteroatoms. The molecule has 2 nitrogen and oxygen atoms in total. The second-order valence-electron chi connectivity index (χ2n) is 3.27. The molecule has 0 unspecified atom stereocenters. The molecular formula is C9H16N2. The highest BCUT2D eigenvalue weighted by molar-refractivity contribution is 5.94. The lowest BCUT2D eigenvalue weighted by atomic mass is 9.84. The minimum atomic E-state index is 0.178. The third-order valence-corrected chi connectivity index (χ3v) is 2.44. The maximum Gasteiger partial charge on any atom is 0.118 e. The summed E-state index contributed by atoms with van der Waals surface area (Å²) < 4.78 is 0. The van der Waals surface area contributed by atoms with Crippen molar-refractivity contribution >= 4 is 5.84 Å². The number of nitrogens with one attached hydrogen (secondary N) is 1. The standard InChI is InChI=1S/C9H16N2/c1-7(9(10)11)8-5-3-2-4-6-8/h8H,1-6H2,(H3,10,11). The summed E-state index contributed by atoms with van der Waals surface area (Å²) in [5.74, 6) is 0.679. The molecule has 0 aromatic rings. The Balaban J connectivity index is 2.45. The zero-order valence-electron chi connectivity index (χ0n) is 6.90. The van der Waals surface area contributed by atoms with Gasteiger partial charge in [0.2, 0.25) is 0 Å². The topological polar surface area (TPSA) is 49.9 Å². The van der Waals surface area contributed by atoms with Crippen LogP contribution in [0, 0.1) is 11.3 Å². The second-order valence-corrected chi connectivity index (χ2v) is 3.27. The predicted molar refractivity (Wildman–Crippen MR) is 47.6 cm³/mol. The summed E-state index contributed by atoms with van der Waals surface area (Å²) in [6.07, 6.45) is 6.24. The molecule has 0 radical (unpaired) electrons. The Kier molecular flexibility index (Phi) is 2.69. The summed E-state index contributed by atoms with van der Waals surface area (Å²) in [6.45, 7) is 3.83. The van der Waals surface area contributed by atoms with Crippen LogP contribution in [0.25, 0.3) is 0 Å². The molecule has 0 aliphatic heterocycles. The van der Waals surface area contributed by atoms with Gasteiger partial charge in [-0.15, -0.1) is 0 Å². The summed E-state index contributed by atoms with van der Waals surface area (Å²) in [6, 6.07) is 0. The number of hydrogen-bond donors (Lipinski definition) is 2. The van der Waals surface area contributed by atoms with E-state index in [-0.39, 0.29) is 5.84 Å². The van der Waals surface area contributed by atoms with E-state index in [1.54, 1.807) is 0 Å². The summed E-state index contributed by atoms with van der Waals surface area (Å²) in [5, 5.41) is 7.21. The van der Waals surface area contributed by atoms with E-state index >= 15 is 0 Å². The van der Waals surface area contributed by atoms with Gasteiger partial charge in [0.25, 0.3) is 0 Å². The van der Waals surface area contributed by atoms with Crippen molar-refractivity contribution < 1.29 is 0 Å². The van der Waals surface area contributed by atoms with Gasteiger partial charge in [0, 0.05) is 0 Å². The fraction of sp³-hybridized carbons (Fsp3) is 0.667. The zero-order valence-corrected chi connectivity index (χ0v) is 6.90. The molecule has 0 spiro atoms. The van der Waals surface area contributed by atoms with Crippen LogP contribution in [0.1, 0.15) is 32.1 Å². The lowest BCUT2D eigenvalue weighted by molar-refractivity contribution is 0.411. The first kappa shape index (κ1) is 8.31. The van der Waals surface area contributed by atoms with Gasteiger partial charge in [-0.3, -0.25) is 5.41 Å². The van der Waals surface area contributed by atoms with E-state index in [0.717, 1.165) is 5.57 Å². The summed E-state index contributed by atoms with van der Waals surface area (Å²) >= 11 is 0. The Bertz CT molecular complexity index is 166. The van der Waals surface area contributed by atoms with Gasteiger partial charge in [0.15, 0.2) is 0 Å². The quantitative estimate of drug-likeness (QED) is 0.462. The first-order chi connectivity index (χ1) is 5.22. The monoisotopic (exact) mass is 152 g/mol.